The summed E-state index contributed by atoms with van der Waals surface area (Å²) >= 11 is 0. The van der Waals surface area contributed by atoms with Crippen molar-refractivity contribution in [1.29, 1.82) is 0 Å². The molecule has 0 fully saturated rings. The van der Waals surface area contributed by atoms with Crippen LogP contribution in [0.4, 0.5) is 0 Å². The molecule has 1 N–H and O–H groups in total. The third kappa shape index (κ3) is 4.49. The highest BCUT2D eigenvalue weighted by Gasteiger charge is 2.13. The van der Waals surface area contributed by atoms with Crippen molar-refractivity contribution in [2.24, 2.45) is 0 Å². The Bertz CT molecular complexity index is 464. The number of benzene rings is 1. The largest absolute Gasteiger partial charge is 0.454 e. The van der Waals surface area contributed by atoms with Gasteiger partial charge in [0.2, 0.25) is 6.79 Å². The predicted octanol–water partition coefficient (Wildman–Crippen LogP) is 2.09. The Morgan fingerprint density at radius 1 is 1.35 bits per heavy atom. The quantitative estimate of drug-likeness (QED) is 0.798. The summed E-state index contributed by atoms with van der Waals surface area (Å²) in [6.45, 7) is 5.27. The molecule has 1 heterocycles. The Labute approximate surface area is 123 Å². The summed E-state index contributed by atoms with van der Waals surface area (Å²) in [5, 5.41) is 3.42. The van der Waals surface area contributed by atoms with Gasteiger partial charge in [-0.15, -0.1) is 0 Å². The van der Waals surface area contributed by atoms with E-state index in [1.807, 2.05) is 13.0 Å². The van der Waals surface area contributed by atoms with Gasteiger partial charge >= 0.3 is 0 Å². The van der Waals surface area contributed by atoms with Gasteiger partial charge in [0.05, 0.1) is 0 Å². The molecule has 0 aromatic heterocycles. The van der Waals surface area contributed by atoms with Crippen LogP contribution in [0.5, 0.6) is 11.5 Å². The highest BCUT2D eigenvalue weighted by Crippen LogP contribution is 2.32. The highest BCUT2D eigenvalue weighted by molar-refractivity contribution is 7.84. The third-order valence-corrected chi connectivity index (χ3v) is 4.75. The van der Waals surface area contributed by atoms with E-state index < -0.39 is 10.8 Å². The summed E-state index contributed by atoms with van der Waals surface area (Å²) in [4.78, 5) is 0. The molecule has 2 rings (SSSR count). The lowest BCUT2D eigenvalue weighted by atomic mass is 10.1. The number of hydrogen-bond donors (Lipinski definition) is 1. The summed E-state index contributed by atoms with van der Waals surface area (Å²) in [6, 6.07) is 6.54. The molecule has 0 spiro atoms. The Morgan fingerprint density at radius 3 is 2.95 bits per heavy atom. The van der Waals surface area contributed by atoms with Crippen LogP contribution in [-0.4, -0.2) is 35.1 Å². The maximum atomic E-state index is 11.3. The minimum absolute atomic E-state index is 0.325. The minimum atomic E-state index is -0.676. The van der Waals surface area contributed by atoms with Crippen LogP contribution in [0, 0.1) is 0 Å². The predicted molar refractivity (Wildman–Crippen MR) is 81.9 cm³/mol. The summed E-state index contributed by atoms with van der Waals surface area (Å²) in [7, 11) is -0.676. The first-order valence-electron chi connectivity index (χ1n) is 7.16. The van der Waals surface area contributed by atoms with E-state index in [0.29, 0.717) is 12.8 Å². The molecule has 0 amide bonds. The van der Waals surface area contributed by atoms with E-state index in [-0.39, 0.29) is 0 Å². The second-order valence-electron chi connectivity index (χ2n) is 5.01. The fourth-order valence-corrected chi connectivity index (χ4v) is 2.78. The number of hydrogen-bond acceptors (Lipinski definition) is 4. The zero-order valence-electron chi connectivity index (χ0n) is 12.2. The molecule has 0 radical (unpaired) electrons. The zero-order valence-corrected chi connectivity index (χ0v) is 13.0. The van der Waals surface area contributed by atoms with E-state index in [1.54, 1.807) is 0 Å². The van der Waals surface area contributed by atoms with E-state index >= 15 is 0 Å². The van der Waals surface area contributed by atoms with Crippen LogP contribution in [0.25, 0.3) is 0 Å². The van der Waals surface area contributed by atoms with Crippen LogP contribution in [0.2, 0.25) is 0 Å². The van der Waals surface area contributed by atoms with Crippen molar-refractivity contribution in [3.05, 3.63) is 23.8 Å². The van der Waals surface area contributed by atoms with Crippen LogP contribution in [0.15, 0.2) is 18.2 Å². The lowest BCUT2D eigenvalue weighted by Gasteiger charge is -2.13. The van der Waals surface area contributed by atoms with Crippen molar-refractivity contribution < 1.29 is 13.7 Å². The zero-order chi connectivity index (χ0) is 14.4. The van der Waals surface area contributed by atoms with E-state index in [4.69, 9.17) is 9.47 Å². The number of aryl methyl sites for hydroxylation is 1. The van der Waals surface area contributed by atoms with Crippen LogP contribution in [0.3, 0.4) is 0 Å². The van der Waals surface area contributed by atoms with Gasteiger partial charge in [0.25, 0.3) is 0 Å². The summed E-state index contributed by atoms with van der Waals surface area (Å²) < 4.78 is 22.0. The first kappa shape index (κ1) is 15.3. The molecule has 4 nitrogen and oxygen atoms in total. The Balaban J connectivity index is 1.70. The molecule has 0 aliphatic carbocycles. The van der Waals surface area contributed by atoms with E-state index in [2.05, 4.69) is 24.4 Å². The molecular weight excluding hydrogens is 274 g/mol. The second-order valence-corrected chi connectivity index (χ2v) is 6.88. The average Bonchev–Trinajstić information content (AvgIpc) is 2.92. The lowest BCUT2D eigenvalue weighted by molar-refractivity contribution is 0.174. The molecule has 20 heavy (non-hydrogen) atoms. The smallest absolute Gasteiger partial charge is 0.231 e. The molecule has 1 aliphatic heterocycles. The molecule has 0 saturated carbocycles. The SMILES string of the molecule is CCS(=O)CCNC(C)CCc1ccc2c(c1)OCO2. The van der Waals surface area contributed by atoms with Crippen molar-refractivity contribution in [1.82, 2.24) is 5.32 Å². The summed E-state index contributed by atoms with van der Waals surface area (Å²) in [5.74, 6) is 3.17. The molecule has 2 unspecified atom stereocenters. The van der Waals surface area contributed by atoms with Crippen LogP contribution in [-0.2, 0) is 17.2 Å². The summed E-state index contributed by atoms with van der Waals surface area (Å²) in [5.41, 5.74) is 1.26. The van der Waals surface area contributed by atoms with Gasteiger partial charge < -0.3 is 14.8 Å². The van der Waals surface area contributed by atoms with Gasteiger partial charge in [-0.05, 0) is 37.5 Å². The van der Waals surface area contributed by atoms with E-state index in [0.717, 1.165) is 42.4 Å². The van der Waals surface area contributed by atoms with Crippen LogP contribution >= 0.6 is 0 Å². The molecule has 1 aromatic carbocycles. The van der Waals surface area contributed by atoms with Gasteiger partial charge in [-0.1, -0.05) is 13.0 Å². The fourth-order valence-electron chi connectivity index (χ4n) is 2.15. The third-order valence-electron chi connectivity index (χ3n) is 3.45. The van der Waals surface area contributed by atoms with Gasteiger partial charge in [-0.2, -0.15) is 0 Å². The molecule has 2 atom stereocenters. The van der Waals surface area contributed by atoms with E-state index in [9.17, 15) is 4.21 Å². The van der Waals surface area contributed by atoms with Crippen LogP contribution < -0.4 is 14.8 Å². The van der Waals surface area contributed by atoms with Gasteiger partial charge in [0.1, 0.15) is 0 Å². The maximum absolute atomic E-state index is 11.3. The number of ether oxygens (including phenoxy) is 2. The van der Waals surface area contributed by atoms with Gasteiger partial charge in [-0.25, -0.2) is 0 Å². The van der Waals surface area contributed by atoms with Crippen molar-refractivity contribution in [3.63, 3.8) is 0 Å². The van der Waals surface area contributed by atoms with Crippen molar-refractivity contribution in [2.75, 3.05) is 24.8 Å². The first-order chi connectivity index (χ1) is 9.69. The average molecular weight is 297 g/mol. The van der Waals surface area contributed by atoms with Crippen molar-refractivity contribution in [2.45, 2.75) is 32.7 Å². The number of nitrogens with one attached hydrogen (secondary N) is 1. The monoisotopic (exact) mass is 297 g/mol. The maximum Gasteiger partial charge on any atom is 0.231 e. The topological polar surface area (TPSA) is 47.6 Å². The Kier molecular flexibility index (Phi) is 5.86. The molecule has 5 heteroatoms. The molecule has 112 valence electrons. The fraction of sp³-hybridized carbons (Fsp3) is 0.600. The molecule has 0 saturated heterocycles. The van der Waals surface area contributed by atoms with Gasteiger partial charge in [0.15, 0.2) is 11.5 Å². The van der Waals surface area contributed by atoms with Crippen molar-refractivity contribution >= 4 is 10.8 Å². The van der Waals surface area contributed by atoms with Crippen molar-refractivity contribution in [3.8, 4) is 11.5 Å². The highest BCUT2D eigenvalue weighted by atomic mass is 32.2. The molecule has 1 aliphatic rings. The van der Waals surface area contributed by atoms with Crippen LogP contribution in [0.1, 0.15) is 25.8 Å². The Morgan fingerprint density at radius 2 is 2.15 bits per heavy atom. The molecule has 1 aromatic rings. The first-order valence-corrected chi connectivity index (χ1v) is 8.64. The number of fused-ring (bicyclic) bond motifs is 1. The number of rotatable bonds is 8. The Hall–Kier alpha value is -1.07. The normalized spacial score (nSPS) is 16.1. The van der Waals surface area contributed by atoms with E-state index in [1.165, 1.54) is 5.56 Å². The summed E-state index contributed by atoms with van der Waals surface area (Å²) in [6.07, 6.45) is 2.06. The molecule has 0 bridgehead atoms. The standard InChI is InChI=1S/C15H23NO3S/c1-3-20(17)9-8-16-12(2)4-5-13-6-7-14-15(10-13)19-11-18-14/h6-7,10,12,16H,3-5,8-9,11H2,1-2H3. The van der Waals surface area contributed by atoms with Gasteiger partial charge in [-0.3, -0.25) is 4.21 Å². The molecular formula is C15H23NO3S. The van der Waals surface area contributed by atoms with Gasteiger partial charge in [0, 0.05) is 34.9 Å². The lowest BCUT2D eigenvalue weighted by Crippen LogP contribution is -2.30. The minimum Gasteiger partial charge on any atom is -0.454 e. The second kappa shape index (κ2) is 7.64.